The molecule has 8 heteroatoms. The van der Waals surface area contributed by atoms with Crippen LogP contribution < -0.4 is 0 Å². The third-order valence-electron chi connectivity index (χ3n) is 1.54. The molecule has 0 spiro atoms. The first-order valence-electron chi connectivity index (χ1n) is 3.53. The Balaban J connectivity index is 4.95. The van der Waals surface area contributed by atoms with Gasteiger partial charge in [-0.2, -0.15) is 17.6 Å². The Morgan fingerprint density at radius 1 is 0.933 bits per heavy atom. The van der Waals surface area contributed by atoms with Crippen LogP contribution in [0.15, 0.2) is 12.7 Å². The summed E-state index contributed by atoms with van der Waals surface area (Å²) < 4.78 is 96.8. The lowest BCUT2D eigenvalue weighted by Gasteiger charge is -2.27. The molecule has 0 aliphatic rings. The number of hydrogen-bond acceptors (Lipinski definition) is 0. The molecule has 0 nitrogen and oxygen atoms in total. The second kappa shape index (κ2) is 4.36. The van der Waals surface area contributed by atoms with E-state index in [9.17, 15) is 35.1 Å². The van der Waals surface area contributed by atoms with E-state index in [1.54, 1.807) is 0 Å². The van der Waals surface area contributed by atoms with Crippen molar-refractivity contribution in [3.8, 4) is 0 Å². The van der Waals surface area contributed by atoms with Crippen LogP contribution in [-0.4, -0.2) is 30.6 Å². The normalized spacial score (nSPS) is 17.7. The molecule has 0 aliphatic heterocycles. The summed E-state index contributed by atoms with van der Waals surface area (Å²) in [6.45, 7) is 2.34. The van der Waals surface area contributed by atoms with E-state index in [4.69, 9.17) is 0 Å². The molecule has 90 valence electrons. The van der Waals surface area contributed by atoms with Crippen LogP contribution in [0.25, 0.3) is 0 Å². The van der Waals surface area contributed by atoms with E-state index >= 15 is 0 Å². The quantitative estimate of drug-likeness (QED) is 0.512. The van der Waals surface area contributed by atoms with Crippen molar-refractivity contribution < 1.29 is 35.1 Å². The molecule has 0 aliphatic carbocycles. The Labute approximate surface area is 79.6 Å². The van der Waals surface area contributed by atoms with Gasteiger partial charge in [0.25, 0.3) is 6.43 Å². The minimum Gasteiger partial charge on any atom is -0.234 e. The molecule has 0 aromatic rings. The highest BCUT2D eigenvalue weighted by atomic mass is 19.3. The number of halogens is 8. The average molecular weight is 242 g/mol. The summed E-state index contributed by atoms with van der Waals surface area (Å²) in [6.07, 6.45) is -13.4. The van der Waals surface area contributed by atoms with Crippen molar-refractivity contribution in [1.29, 1.82) is 0 Å². The maximum absolute atomic E-state index is 12.4. The Morgan fingerprint density at radius 2 is 1.33 bits per heavy atom. The maximum atomic E-state index is 12.4. The first kappa shape index (κ1) is 14.2. The molecule has 2 atom stereocenters. The number of allylic oxidation sites excluding steroid dienone is 1. The summed E-state index contributed by atoms with van der Waals surface area (Å²) in [7, 11) is 0. The van der Waals surface area contributed by atoms with Crippen LogP contribution in [0.5, 0.6) is 0 Å². The Morgan fingerprint density at radius 3 is 1.60 bits per heavy atom. The number of alkyl halides is 8. The zero-order chi connectivity index (χ0) is 12.4. The summed E-state index contributed by atoms with van der Waals surface area (Å²) in [5.41, 5.74) is 0. The Hall–Kier alpha value is -0.820. The third kappa shape index (κ3) is 2.82. The molecular formula is C7H6F8. The molecular weight excluding hydrogens is 236 g/mol. The molecule has 0 saturated carbocycles. The lowest BCUT2D eigenvalue weighted by Crippen LogP contribution is -2.51. The van der Waals surface area contributed by atoms with Crippen molar-refractivity contribution in [2.24, 2.45) is 0 Å². The zero-order valence-corrected chi connectivity index (χ0v) is 7.04. The SMILES string of the molecule is C=CC(F)(F)C(F)C(F)(F)C(F)C(F)F. The summed E-state index contributed by atoms with van der Waals surface area (Å²) >= 11 is 0. The highest BCUT2D eigenvalue weighted by Crippen LogP contribution is 2.39. The molecule has 0 bridgehead atoms. The van der Waals surface area contributed by atoms with Crippen LogP contribution in [-0.2, 0) is 0 Å². The van der Waals surface area contributed by atoms with Crippen molar-refractivity contribution in [2.45, 2.75) is 30.6 Å². The second-order valence-corrected chi connectivity index (χ2v) is 2.65. The van der Waals surface area contributed by atoms with Gasteiger partial charge in [-0.05, 0) is 6.08 Å². The highest BCUT2D eigenvalue weighted by molar-refractivity contribution is 5.02. The summed E-state index contributed by atoms with van der Waals surface area (Å²) in [4.78, 5) is 0. The largest absolute Gasteiger partial charge is 0.321 e. The summed E-state index contributed by atoms with van der Waals surface area (Å²) in [5, 5.41) is 0. The van der Waals surface area contributed by atoms with Crippen LogP contribution in [0.3, 0.4) is 0 Å². The van der Waals surface area contributed by atoms with E-state index in [1.807, 2.05) is 0 Å². The minimum atomic E-state index is -5.48. The molecule has 0 N–H and O–H groups in total. The maximum Gasteiger partial charge on any atom is 0.321 e. The molecule has 15 heavy (non-hydrogen) atoms. The van der Waals surface area contributed by atoms with Gasteiger partial charge in [0.2, 0.25) is 12.3 Å². The number of rotatable bonds is 5. The topological polar surface area (TPSA) is 0 Å². The fraction of sp³-hybridized carbons (Fsp3) is 0.714. The van der Waals surface area contributed by atoms with Gasteiger partial charge in [0.05, 0.1) is 0 Å². The van der Waals surface area contributed by atoms with Crippen LogP contribution in [0.4, 0.5) is 35.1 Å². The lowest BCUT2D eigenvalue weighted by atomic mass is 10.0. The van der Waals surface area contributed by atoms with Gasteiger partial charge in [-0.1, -0.05) is 6.58 Å². The minimum absolute atomic E-state index is 0.496. The molecule has 0 radical (unpaired) electrons. The first-order chi connectivity index (χ1) is 6.57. The second-order valence-electron chi connectivity index (χ2n) is 2.65. The van der Waals surface area contributed by atoms with Crippen LogP contribution in [0.1, 0.15) is 0 Å². The predicted octanol–water partition coefficient (Wildman–Crippen LogP) is 3.38. The Kier molecular flexibility index (Phi) is 4.12. The van der Waals surface area contributed by atoms with Crippen molar-refractivity contribution in [1.82, 2.24) is 0 Å². The molecule has 0 amide bonds. The Bertz CT molecular complexity index is 223. The van der Waals surface area contributed by atoms with Crippen LogP contribution in [0.2, 0.25) is 0 Å². The van der Waals surface area contributed by atoms with Gasteiger partial charge in [-0.3, -0.25) is 0 Å². The smallest absolute Gasteiger partial charge is 0.234 e. The van der Waals surface area contributed by atoms with Gasteiger partial charge in [0.15, 0.2) is 0 Å². The molecule has 0 aromatic carbocycles. The average Bonchev–Trinajstić information content (AvgIpc) is 2.15. The van der Waals surface area contributed by atoms with Crippen molar-refractivity contribution >= 4 is 0 Å². The molecule has 0 heterocycles. The van der Waals surface area contributed by atoms with E-state index in [0.717, 1.165) is 0 Å². The monoisotopic (exact) mass is 242 g/mol. The highest BCUT2D eigenvalue weighted by Gasteiger charge is 2.61. The van der Waals surface area contributed by atoms with Gasteiger partial charge >= 0.3 is 11.8 Å². The summed E-state index contributed by atoms with van der Waals surface area (Å²) in [6, 6.07) is 0. The van der Waals surface area contributed by atoms with E-state index in [-0.39, 0.29) is 0 Å². The fourth-order valence-corrected chi connectivity index (χ4v) is 0.668. The standard InChI is InChI=1S/C7H6F8/c1-2-6(12,13)5(11)7(14,15)3(8)4(9)10/h2-5H,1H2. The fourth-order valence-electron chi connectivity index (χ4n) is 0.668. The molecule has 2 unspecified atom stereocenters. The molecule has 0 rings (SSSR count). The summed E-state index contributed by atoms with van der Waals surface area (Å²) in [5.74, 6) is -10.3. The molecule has 0 fully saturated rings. The molecule has 0 aromatic heterocycles. The van der Waals surface area contributed by atoms with E-state index < -0.39 is 36.7 Å². The van der Waals surface area contributed by atoms with Gasteiger partial charge in [0.1, 0.15) is 0 Å². The lowest BCUT2D eigenvalue weighted by molar-refractivity contribution is -0.211. The van der Waals surface area contributed by atoms with E-state index in [2.05, 4.69) is 6.58 Å². The van der Waals surface area contributed by atoms with Gasteiger partial charge in [0, 0.05) is 0 Å². The van der Waals surface area contributed by atoms with Gasteiger partial charge in [-0.15, -0.1) is 0 Å². The zero-order valence-electron chi connectivity index (χ0n) is 7.04. The van der Waals surface area contributed by atoms with Crippen LogP contribution >= 0.6 is 0 Å². The van der Waals surface area contributed by atoms with Crippen LogP contribution in [0, 0.1) is 0 Å². The predicted molar refractivity (Wildman–Crippen MR) is 35.9 cm³/mol. The van der Waals surface area contributed by atoms with Gasteiger partial charge < -0.3 is 0 Å². The van der Waals surface area contributed by atoms with E-state index in [0.29, 0.717) is 0 Å². The molecule has 0 saturated heterocycles. The van der Waals surface area contributed by atoms with Crippen molar-refractivity contribution in [2.75, 3.05) is 0 Å². The van der Waals surface area contributed by atoms with Gasteiger partial charge in [-0.25, -0.2) is 17.6 Å². The first-order valence-corrected chi connectivity index (χ1v) is 3.53. The van der Waals surface area contributed by atoms with E-state index in [1.165, 1.54) is 0 Å². The van der Waals surface area contributed by atoms with Crippen molar-refractivity contribution in [3.63, 3.8) is 0 Å². The van der Waals surface area contributed by atoms with Crippen molar-refractivity contribution in [3.05, 3.63) is 12.7 Å². The number of hydrogen-bond donors (Lipinski definition) is 0. The third-order valence-corrected chi connectivity index (χ3v) is 1.54.